The Morgan fingerprint density at radius 3 is 2.75 bits per heavy atom. The van der Waals surface area contributed by atoms with Gasteiger partial charge in [-0.3, -0.25) is 0 Å². The molecule has 0 aromatic rings. The molecule has 1 aliphatic heterocycles. The largest absolute Gasteiger partial charge is 0.376 e. The molecule has 0 radical (unpaired) electrons. The molecular weight excluding hydrogens is 172 g/mol. The van der Waals surface area contributed by atoms with E-state index in [1.54, 1.807) is 0 Å². The van der Waals surface area contributed by atoms with Crippen LogP contribution in [0, 0.1) is 0 Å². The van der Waals surface area contributed by atoms with E-state index in [-0.39, 0.29) is 6.10 Å². The maximum absolute atomic E-state index is 5.26. The van der Waals surface area contributed by atoms with Crippen LogP contribution in [-0.2, 0) is 9.47 Å². The van der Waals surface area contributed by atoms with E-state index >= 15 is 0 Å². The van der Waals surface area contributed by atoms with Crippen LogP contribution in [0.15, 0.2) is 0 Å². The third-order valence-corrected chi connectivity index (χ3v) is 1.78. The first-order chi connectivity index (χ1) is 3.93. The van der Waals surface area contributed by atoms with Crippen LogP contribution in [0.25, 0.3) is 0 Å². The second kappa shape index (κ2) is 3.43. The van der Waals surface area contributed by atoms with Gasteiger partial charge >= 0.3 is 0 Å². The highest BCUT2D eigenvalue weighted by Crippen LogP contribution is 2.02. The number of ether oxygens (including phenoxy) is 2. The predicted molar refractivity (Wildman–Crippen MR) is 34.4 cm³/mol. The molecule has 1 fully saturated rings. The van der Waals surface area contributed by atoms with Gasteiger partial charge in [-0.05, 0) is 0 Å². The molecule has 3 heteroatoms. The zero-order valence-corrected chi connectivity index (χ0v) is 6.19. The van der Waals surface area contributed by atoms with Crippen molar-refractivity contribution in [3.05, 3.63) is 0 Å². The topological polar surface area (TPSA) is 18.5 Å². The molecule has 1 heterocycles. The number of hydrogen-bond acceptors (Lipinski definition) is 2. The molecule has 8 heavy (non-hydrogen) atoms. The van der Waals surface area contributed by atoms with Gasteiger partial charge in [0.15, 0.2) is 0 Å². The number of rotatable bonds is 1. The van der Waals surface area contributed by atoms with E-state index in [1.165, 1.54) is 0 Å². The van der Waals surface area contributed by atoms with E-state index in [0.717, 1.165) is 25.2 Å². The fraction of sp³-hybridized carbons (Fsp3) is 1.00. The van der Waals surface area contributed by atoms with Crippen LogP contribution in [0.3, 0.4) is 0 Å². The molecule has 1 rings (SSSR count). The third kappa shape index (κ3) is 1.73. The van der Waals surface area contributed by atoms with Crippen LogP contribution in [-0.4, -0.2) is 31.3 Å². The van der Waals surface area contributed by atoms with Crippen molar-refractivity contribution in [3.8, 4) is 0 Å². The second-order valence-electron chi connectivity index (χ2n) is 1.72. The lowest BCUT2D eigenvalue weighted by molar-refractivity contribution is -0.0771. The van der Waals surface area contributed by atoms with E-state index in [1.807, 2.05) is 0 Å². The molecule has 1 atom stereocenters. The Bertz CT molecular complexity index is 61.4. The first-order valence-electron chi connectivity index (χ1n) is 2.69. The van der Waals surface area contributed by atoms with Gasteiger partial charge in [0.25, 0.3) is 0 Å². The Labute approximate surface area is 57.3 Å². The van der Waals surface area contributed by atoms with E-state index in [4.69, 9.17) is 9.47 Å². The van der Waals surface area contributed by atoms with Gasteiger partial charge in [-0.25, -0.2) is 0 Å². The van der Waals surface area contributed by atoms with E-state index in [9.17, 15) is 0 Å². The quantitative estimate of drug-likeness (QED) is 0.557. The van der Waals surface area contributed by atoms with Gasteiger partial charge in [-0.1, -0.05) is 15.9 Å². The van der Waals surface area contributed by atoms with Crippen molar-refractivity contribution >= 4 is 15.9 Å². The Morgan fingerprint density at radius 2 is 2.38 bits per heavy atom. The fourth-order valence-corrected chi connectivity index (χ4v) is 1.000. The normalized spacial score (nSPS) is 30.4. The van der Waals surface area contributed by atoms with Crippen molar-refractivity contribution in [3.63, 3.8) is 0 Å². The number of hydrogen-bond donors (Lipinski definition) is 0. The lowest BCUT2D eigenvalue weighted by Gasteiger charge is -2.20. The van der Waals surface area contributed by atoms with Crippen molar-refractivity contribution in [2.24, 2.45) is 0 Å². The zero-order valence-electron chi connectivity index (χ0n) is 4.60. The highest BCUT2D eigenvalue weighted by atomic mass is 79.9. The van der Waals surface area contributed by atoms with Gasteiger partial charge < -0.3 is 9.47 Å². The van der Waals surface area contributed by atoms with Gasteiger partial charge in [0, 0.05) is 5.33 Å². The standard InChI is InChI=1S/C5H9BrO2/c6-3-5-4-7-1-2-8-5/h5H,1-4H2/t5-/m0/s1. The summed E-state index contributed by atoms with van der Waals surface area (Å²) < 4.78 is 10.4. The minimum Gasteiger partial charge on any atom is -0.376 e. The minimum absolute atomic E-state index is 0.281. The van der Waals surface area contributed by atoms with Gasteiger partial charge in [0.2, 0.25) is 0 Å². The van der Waals surface area contributed by atoms with Crippen LogP contribution in [0.1, 0.15) is 0 Å². The van der Waals surface area contributed by atoms with Gasteiger partial charge in [0.05, 0.1) is 25.9 Å². The van der Waals surface area contributed by atoms with Gasteiger partial charge in [0.1, 0.15) is 0 Å². The summed E-state index contributed by atoms with van der Waals surface area (Å²) in [4.78, 5) is 0. The summed E-state index contributed by atoms with van der Waals surface area (Å²) in [5.74, 6) is 0. The smallest absolute Gasteiger partial charge is 0.0906 e. The van der Waals surface area contributed by atoms with E-state index in [2.05, 4.69) is 15.9 Å². The molecular formula is C5H9BrO2. The van der Waals surface area contributed by atoms with Crippen LogP contribution in [0.2, 0.25) is 0 Å². The van der Waals surface area contributed by atoms with Crippen LogP contribution in [0.4, 0.5) is 0 Å². The van der Waals surface area contributed by atoms with Gasteiger partial charge in [-0.15, -0.1) is 0 Å². The fourth-order valence-electron chi connectivity index (χ4n) is 0.626. The Hall–Kier alpha value is 0.400. The van der Waals surface area contributed by atoms with Crippen molar-refractivity contribution in [1.82, 2.24) is 0 Å². The average molecular weight is 181 g/mol. The average Bonchev–Trinajstić information content (AvgIpc) is 1.90. The highest BCUT2D eigenvalue weighted by Gasteiger charge is 2.11. The molecule has 0 bridgehead atoms. The molecule has 1 saturated heterocycles. The third-order valence-electron chi connectivity index (χ3n) is 1.06. The molecule has 48 valence electrons. The lowest BCUT2D eigenvalue weighted by Crippen LogP contribution is -2.29. The molecule has 0 amide bonds. The van der Waals surface area contributed by atoms with Crippen molar-refractivity contribution in [2.75, 3.05) is 25.2 Å². The molecule has 0 spiro atoms. The van der Waals surface area contributed by atoms with Crippen LogP contribution >= 0.6 is 15.9 Å². The molecule has 0 aromatic carbocycles. The maximum Gasteiger partial charge on any atom is 0.0906 e. The first kappa shape index (κ1) is 6.52. The van der Waals surface area contributed by atoms with Crippen molar-refractivity contribution in [1.29, 1.82) is 0 Å². The maximum atomic E-state index is 5.26. The monoisotopic (exact) mass is 180 g/mol. The lowest BCUT2D eigenvalue weighted by atomic mass is 10.4. The zero-order chi connectivity index (χ0) is 5.82. The Kier molecular flexibility index (Phi) is 2.80. The van der Waals surface area contributed by atoms with E-state index < -0.39 is 0 Å². The van der Waals surface area contributed by atoms with Crippen molar-refractivity contribution < 1.29 is 9.47 Å². The molecule has 1 aliphatic rings. The van der Waals surface area contributed by atoms with Crippen molar-refractivity contribution in [2.45, 2.75) is 6.10 Å². The number of halogens is 1. The first-order valence-corrected chi connectivity index (χ1v) is 3.81. The van der Waals surface area contributed by atoms with Crippen LogP contribution in [0.5, 0.6) is 0 Å². The molecule has 0 aromatic heterocycles. The Morgan fingerprint density at radius 1 is 1.50 bits per heavy atom. The molecule has 2 nitrogen and oxygen atoms in total. The van der Waals surface area contributed by atoms with Gasteiger partial charge in [-0.2, -0.15) is 0 Å². The molecule has 0 saturated carbocycles. The highest BCUT2D eigenvalue weighted by molar-refractivity contribution is 9.09. The summed E-state index contributed by atoms with van der Waals surface area (Å²) in [5.41, 5.74) is 0. The summed E-state index contributed by atoms with van der Waals surface area (Å²) in [6, 6.07) is 0. The molecule has 0 aliphatic carbocycles. The summed E-state index contributed by atoms with van der Waals surface area (Å²) in [7, 11) is 0. The van der Waals surface area contributed by atoms with E-state index in [0.29, 0.717) is 0 Å². The summed E-state index contributed by atoms with van der Waals surface area (Å²) >= 11 is 3.31. The second-order valence-corrected chi connectivity index (χ2v) is 2.37. The minimum atomic E-state index is 0.281. The summed E-state index contributed by atoms with van der Waals surface area (Å²) in [6.07, 6.45) is 0.281. The molecule has 0 unspecified atom stereocenters. The Balaban J connectivity index is 2.13. The summed E-state index contributed by atoms with van der Waals surface area (Å²) in [6.45, 7) is 2.24. The van der Waals surface area contributed by atoms with Crippen LogP contribution < -0.4 is 0 Å². The SMILES string of the molecule is BrC[C@H]1COCCO1. The summed E-state index contributed by atoms with van der Waals surface area (Å²) in [5, 5.41) is 0.882. The predicted octanol–water partition coefficient (Wildman–Crippen LogP) is 0.797. The number of alkyl halides is 1. The molecule has 0 N–H and O–H groups in total.